The van der Waals surface area contributed by atoms with Gasteiger partial charge >= 0.3 is 0 Å². The molecule has 1 aromatic heterocycles. The zero-order valence-electron chi connectivity index (χ0n) is 11.3. The summed E-state index contributed by atoms with van der Waals surface area (Å²) in [5.41, 5.74) is 6.34. The van der Waals surface area contributed by atoms with E-state index in [0.29, 0.717) is 23.6 Å². The molecule has 110 valence electrons. The van der Waals surface area contributed by atoms with E-state index in [1.165, 1.54) is 30.2 Å². The number of aromatic nitrogens is 2. The van der Waals surface area contributed by atoms with E-state index in [2.05, 4.69) is 15.3 Å². The van der Waals surface area contributed by atoms with Gasteiger partial charge in [-0.1, -0.05) is 18.2 Å². The van der Waals surface area contributed by atoms with Gasteiger partial charge in [0, 0.05) is 30.4 Å². The number of thioether (sulfide) groups is 1. The molecule has 1 aromatic carbocycles. The Morgan fingerprint density at radius 3 is 2.81 bits per heavy atom. The number of hydrogen-bond donors (Lipinski definition) is 2. The first-order valence-electron chi connectivity index (χ1n) is 6.34. The molecule has 0 bridgehead atoms. The van der Waals surface area contributed by atoms with Crippen LogP contribution in [-0.2, 0) is 5.75 Å². The molecule has 1 heterocycles. The highest BCUT2D eigenvalue weighted by Gasteiger charge is 2.10. The Morgan fingerprint density at radius 1 is 1.29 bits per heavy atom. The number of anilines is 1. The number of nitrogens with two attached hydrogens (primary N) is 1. The van der Waals surface area contributed by atoms with Crippen LogP contribution in [0.25, 0.3) is 0 Å². The number of hydrogen-bond acceptors (Lipinski definition) is 5. The zero-order chi connectivity index (χ0) is 15.1. The fraction of sp³-hybridized carbons (Fsp3) is 0.214. The molecule has 0 fully saturated rings. The van der Waals surface area contributed by atoms with Crippen molar-refractivity contribution in [3.63, 3.8) is 0 Å². The van der Waals surface area contributed by atoms with Gasteiger partial charge in [0.1, 0.15) is 5.82 Å². The summed E-state index contributed by atoms with van der Waals surface area (Å²) in [5.74, 6) is 0.776. The number of carbonyl (C=O) groups is 1. The van der Waals surface area contributed by atoms with Crippen LogP contribution in [0.5, 0.6) is 0 Å². The molecule has 0 spiro atoms. The summed E-state index contributed by atoms with van der Waals surface area (Å²) < 4.78 is 13.4. The van der Waals surface area contributed by atoms with E-state index in [0.717, 1.165) is 0 Å². The number of benzene rings is 1. The third-order valence-corrected chi connectivity index (χ3v) is 3.70. The van der Waals surface area contributed by atoms with Gasteiger partial charge in [-0.05, 0) is 11.6 Å². The van der Waals surface area contributed by atoms with Gasteiger partial charge in [-0.25, -0.2) is 14.4 Å². The van der Waals surface area contributed by atoms with Crippen LogP contribution < -0.4 is 11.1 Å². The van der Waals surface area contributed by atoms with E-state index in [1.54, 1.807) is 18.2 Å². The smallest absolute Gasteiger partial charge is 0.273 e. The van der Waals surface area contributed by atoms with Gasteiger partial charge in [-0.15, -0.1) is 0 Å². The number of carbonyl (C=O) groups excluding carboxylic acids is 1. The summed E-state index contributed by atoms with van der Waals surface area (Å²) in [4.78, 5) is 19.5. The molecule has 0 saturated heterocycles. The second-order valence-electron chi connectivity index (χ2n) is 4.19. The van der Waals surface area contributed by atoms with E-state index in [-0.39, 0.29) is 23.2 Å². The number of nitrogens with one attached hydrogen (secondary N) is 1. The van der Waals surface area contributed by atoms with Gasteiger partial charge in [0.2, 0.25) is 0 Å². The number of rotatable bonds is 6. The molecule has 3 N–H and O–H groups in total. The minimum Gasteiger partial charge on any atom is -0.382 e. The molecule has 0 atom stereocenters. The minimum atomic E-state index is -0.355. The Bertz CT molecular complexity index is 623. The molecule has 5 nitrogen and oxygen atoms in total. The van der Waals surface area contributed by atoms with Crippen LogP contribution in [0.4, 0.5) is 10.2 Å². The average molecular weight is 306 g/mol. The van der Waals surface area contributed by atoms with E-state index in [1.807, 2.05) is 0 Å². The zero-order valence-corrected chi connectivity index (χ0v) is 12.1. The fourth-order valence-corrected chi connectivity index (χ4v) is 2.49. The average Bonchev–Trinajstić information content (AvgIpc) is 2.49. The quantitative estimate of drug-likeness (QED) is 0.796. The SMILES string of the molecule is Nc1nccnc1C(=O)NCCSCc1ccccc1F. The van der Waals surface area contributed by atoms with Gasteiger partial charge in [0.25, 0.3) is 5.91 Å². The van der Waals surface area contributed by atoms with Gasteiger partial charge < -0.3 is 11.1 Å². The maximum absolute atomic E-state index is 13.4. The van der Waals surface area contributed by atoms with Crippen LogP contribution >= 0.6 is 11.8 Å². The van der Waals surface area contributed by atoms with Gasteiger partial charge in [-0.3, -0.25) is 4.79 Å². The molecular weight excluding hydrogens is 291 g/mol. The molecule has 0 aliphatic carbocycles. The van der Waals surface area contributed by atoms with Crippen molar-refractivity contribution in [2.45, 2.75) is 5.75 Å². The number of amides is 1. The largest absolute Gasteiger partial charge is 0.382 e. The highest BCUT2D eigenvalue weighted by Crippen LogP contribution is 2.14. The maximum Gasteiger partial charge on any atom is 0.273 e. The molecule has 0 radical (unpaired) electrons. The van der Waals surface area contributed by atoms with Crippen molar-refractivity contribution in [1.29, 1.82) is 0 Å². The van der Waals surface area contributed by atoms with Crippen molar-refractivity contribution >= 4 is 23.5 Å². The predicted molar refractivity (Wildman–Crippen MR) is 81.3 cm³/mol. The lowest BCUT2D eigenvalue weighted by Crippen LogP contribution is -2.27. The van der Waals surface area contributed by atoms with E-state index >= 15 is 0 Å². The van der Waals surface area contributed by atoms with Gasteiger partial charge in [0.05, 0.1) is 0 Å². The molecule has 2 rings (SSSR count). The summed E-state index contributed by atoms with van der Waals surface area (Å²) in [6, 6.07) is 6.66. The summed E-state index contributed by atoms with van der Waals surface area (Å²) in [6.07, 6.45) is 2.84. The van der Waals surface area contributed by atoms with Crippen molar-refractivity contribution in [3.05, 3.63) is 53.7 Å². The molecule has 0 aliphatic heterocycles. The third kappa shape index (κ3) is 4.42. The lowest BCUT2D eigenvalue weighted by Gasteiger charge is -2.06. The van der Waals surface area contributed by atoms with Crippen LogP contribution in [0, 0.1) is 5.82 Å². The lowest BCUT2D eigenvalue weighted by atomic mass is 10.2. The van der Waals surface area contributed by atoms with Crippen LogP contribution in [0.2, 0.25) is 0 Å². The molecular formula is C14H15FN4OS. The van der Waals surface area contributed by atoms with E-state index < -0.39 is 0 Å². The highest BCUT2D eigenvalue weighted by molar-refractivity contribution is 7.98. The normalized spacial score (nSPS) is 10.3. The molecule has 0 unspecified atom stereocenters. The van der Waals surface area contributed by atoms with Crippen LogP contribution in [0.15, 0.2) is 36.7 Å². The minimum absolute atomic E-state index is 0.106. The van der Waals surface area contributed by atoms with Crippen molar-refractivity contribution in [2.75, 3.05) is 18.0 Å². The molecule has 21 heavy (non-hydrogen) atoms. The second kappa shape index (κ2) is 7.58. The van der Waals surface area contributed by atoms with Crippen LogP contribution in [0.3, 0.4) is 0 Å². The molecule has 7 heteroatoms. The Balaban J connectivity index is 1.72. The van der Waals surface area contributed by atoms with E-state index in [9.17, 15) is 9.18 Å². The maximum atomic E-state index is 13.4. The predicted octanol–water partition coefficient (Wildman–Crippen LogP) is 1.86. The van der Waals surface area contributed by atoms with Crippen LogP contribution in [0.1, 0.15) is 16.1 Å². The molecule has 0 saturated carbocycles. The summed E-state index contributed by atoms with van der Waals surface area (Å²) in [6.45, 7) is 0.452. The summed E-state index contributed by atoms with van der Waals surface area (Å²) >= 11 is 1.54. The van der Waals surface area contributed by atoms with E-state index in [4.69, 9.17) is 5.73 Å². The number of halogens is 1. The summed E-state index contributed by atoms with van der Waals surface area (Å²) in [7, 11) is 0. The Hall–Kier alpha value is -2.15. The Morgan fingerprint density at radius 2 is 2.05 bits per heavy atom. The van der Waals surface area contributed by atoms with Crippen molar-refractivity contribution in [2.24, 2.45) is 0 Å². The first-order valence-corrected chi connectivity index (χ1v) is 7.50. The third-order valence-electron chi connectivity index (χ3n) is 2.69. The topological polar surface area (TPSA) is 80.9 Å². The number of nitrogen functional groups attached to an aromatic ring is 1. The Kier molecular flexibility index (Phi) is 5.51. The molecule has 2 aromatic rings. The monoisotopic (exact) mass is 306 g/mol. The Labute approximate surface area is 126 Å². The first kappa shape index (κ1) is 15.2. The summed E-state index contributed by atoms with van der Waals surface area (Å²) in [5, 5.41) is 2.70. The molecule has 0 aliphatic rings. The molecule has 1 amide bonds. The van der Waals surface area contributed by atoms with Gasteiger partial charge in [0.15, 0.2) is 11.5 Å². The highest BCUT2D eigenvalue weighted by atomic mass is 32.2. The van der Waals surface area contributed by atoms with Crippen molar-refractivity contribution in [1.82, 2.24) is 15.3 Å². The standard InChI is InChI=1S/C14H15FN4OS/c15-11-4-2-1-3-10(11)9-21-8-7-19-14(20)12-13(16)18-6-5-17-12/h1-6H,7-9H2,(H2,16,18)(H,19,20). The second-order valence-corrected chi connectivity index (χ2v) is 5.30. The fourth-order valence-electron chi connectivity index (χ4n) is 1.64. The number of nitrogens with zero attached hydrogens (tertiary/aromatic N) is 2. The van der Waals surface area contributed by atoms with Gasteiger partial charge in [-0.2, -0.15) is 11.8 Å². The lowest BCUT2D eigenvalue weighted by molar-refractivity contribution is 0.0952. The first-order chi connectivity index (χ1) is 10.2. The van der Waals surface area contributed by atoms with Crippen LogP contribution in [-0.4, -0.2) is 28.2 Å². The van der Waals surface area contributed by atoms with Crippen molar-refractivity contribution in [3.8, 4) is 0 Å². The van der Waals surface area contributed by atoms with Crippen molar-refractivity contribution < 1.29 is 9.18 Å².